The number of hydrogen-bond donors (Lipinski definition) is 4. The SMILES string of the molecule is COc1cc(C2Nc3ccc(C(=N)N)cc3C3c4ccccc4CC23)ccc1O. The Morgan fingerprint density at radius 1 is 1.10 bits per heavy atom. The number of benzene rings is 3. The third kappa shape index (κ3) is 2.73. The minimum absolute atomic E-state index is 0.0811. The molecule has 0 aromatic heterocycles. The Balaban J connectivity index is 1.67. The number of methoxy groups -OCH3 is 1. The van der Waals surface area contributed by atoms with Crippen LogP contribution in [0.2, 0.25) is 0 Å². The average molecular weight is 385 g/mol. The van der Waals surface area contributed by atoms with E-state index in [1.54, 1.807) is 13.2 Å². The van der Waals surface area contributed by atoms with E-state index in [1.807, 2.05) is 24.3 Å². The Morgan fingerprint density at radius 2 is 1.93 bits per heavy atom. The van der Waals surface area contributed by atoms with Crippen molar-refractivity contribution in [3.05, 3.63) is 88.5 Å². The summed E-state index contributed by atoms with van der Waals surface area (Å²) in [5.74, 6) is 1.25. The van der Waals surface area contributed by atoms with Crippen LogP contribution in [0.4, 0.5) is 5.69 Å². The van der Waals surface area contributed by atoms with Crippen molar-refractivity contribution in [2.75, 3.05) is 12.4 Å². The van der Waals surface area contributed by atoms with Gasteiger partial charge < -0.3 is 20.9 Å². The highest BCUT2D eigenvalue weighted by Gasteiger charge is 2.43. The molecular formula is C24H23N3O2. The molecule has 5 N–H and O–H groups in total. The first-order valence-corrected chi connectivity index (χ1v) is 9.76. The van der Waals surface area contributed by atoms with Crippen molar-refractivity contribution in [2.24, 2.45) is 11.7 Å². The molecule has 5 rings (SSSR count). The lowest BCUT2D eigenvalue weighted by atomic mass is 9.75. The van der Waals surface area contributed by atoms with E-state index in [2.05, 4.69) is 35.6 Å². The molecule has 146 valence electrons. The highest BCUT2D eigenvalue weighted by Crippen LogP contribution is 2.54. The van der Waals surface area contributed by atoms with Crippen molar-refractivity contribution >= 4 is 11.5 Å². The maximum absolute atomic E-state index is 10.0. The van der Waals surface area contributed by atoms with Gasteiger partial charge in [0.15, 0.2) is 11.5 Å². The summed E-state index contributed by atoms with van der Waals surface area (Å²) in [4.78, 5) is 0. The number of anilines is 1. The van der Waals surface area contributed by atoms with E-state index in [4.69, 9.17) is 15.9 Å². The molecule has 0 spiro atoms. The summed E-state index contributed by atoms with van der Waals surface area (Å²) in [6.07, 6.45) is 0.964. The number of phenolic OH excluding ortho intramolecular Hbond substituents is 1. The van der Waals surface area contributed by atoms with Gasteiger partial charge in [0.05, 0.1) is 13.2 Å². The second kappa shape index (κ2) is 6.55. The molecule has 3 unspecified atom stereocenters. The second-order valence-corrected chi connectivity index (χ2v) is 7.81. The Labute approximate surface area is 169 Å². The van der Waals surface area contributed by atoms with E-state index in [1.165, 1.54) is 16.7 Å². The number of nitrogens with two attached hydrogens (primary N) is 1. The minimum atomic E-state index is 0.0811. The predicted octanol–water partition coefficient (Wildman–Crippen LogP) is 4.16. The average Bonchev–Trinajstić information content (AvgIpc) is 3.13. The van der Waals surface area contributed by atoms with Crippen LogP contribution in [0.15, 0.2) is 60.7 Å². The number of nitrogens with one attached hydrogen (secondary N) is 2. The lowest BCUT2D eigenvalue weighted by Gasteiger charge is -2.38. The maximum atomic E-state index is 10.0. The highest BCUT2D eigenvalue weighted by atomic mass is 16.5. The summed E-state index contributed by atoms with van der Waals surface area (Å²) in [5.41, 5.74) is 12.6. The van der Waals surface area contributed by atoms with Gasteiger partial charge >= 0.3 is 0 Å². The first kappa shape index (κ1) is 17.6. The van der Waals surface area contributed by atoms with Gasteiger partial charge in [0, 0.05) is 17.2 Å². The molecule has 3 atom stereocenters. The fourth-order valence-electron chi connectivity index (χ4n) is 4.95. The molecule has 5 nitrogen and oxygen atoms in total. The summed E-state index contributed by atoms with van der Waals surface area (Å²) in [5, 5.41) is 21.6. The van der Waals surface area contributed by atoms with E-state index < -0.39 is 0 Å². The Kier molecular flexibility index (Phi) is 3.98. The van der Waals surface area contributed by atoms with Crippen LogP contribution in [0.25, 0.3) is 0 Å². The number of aromatic hydroxyl groups is 1. The van der Waals surface area contributed by atoms with Crippen molar-refractivity contribution in [1.29, 1.82) is 5.41 Å². The molecule has 3 aromatic rings. The molecule has 29 heavy (non-hydrogen) atoms. The molecule has 0 bridgehead atoms. The van der Waals surface area contributed by atoms with Crippen LogP contribution >= 0.6 is 0 Å². The van der Waals surface area contributed by atoms with E-state index in [9.17, 15) is 5.11 Å². The molecule has 0 fully saturated rings. The first-order valence-electron chi connectivity index (χ1n) is 9.76. The van der Waals surface area contributed by atoms with Crippen LogP contribution in [0.1, 0.15) is 39.8 Å². The highest BCUT2D eigenvalue weighted by molar-refractivity contribution is 5.95. The van der Waals surface area contributed by atoms with Crippen molar-refractivity contribution in [2.45, 2.75) is 18.4 Å². The minimum Gasteiger partial charge on any atom is -0.504 e. The van der Waals surface area contributed by atoms with Crippen LogP contribution in [0, 0.1) is 11.3 Å². The number of amidine groups is 1. The third-order valence-corrected chi connectivity index (χ3v) is 6.27. The van der Waals surface area contributed by atoms with Crippen molar-refractivity contribution < 1.29 is 9.84 Å². The van der Waals surface area contributed by atoms with Crippen LogP contribution in [-0.2, 0) is 6.42 Å². The molecule has 1 aliphatic carbocycles. The van der Waals surface area contributed by atoms with Crippen molar-refractivity contribution in [3.63, 3.8) is 0 Å². The number of ether oxygens (including phenoxy) is 1. The maximum Gasteiger partial charge on any atom is 0.160 e. The molecule has 0 saturated heterocycles. The van der Waals surface area contributed by atoms with Gasteiger partial charge in [-0.1, -0.05) is 30.3 Å². The number of fused-ring (bicyclic) bond motifs is 5. The zero-order valence-electron chi connectivity index (χ0n) is 16.1. The fraction of sp³-hybridized carbons (Fsp3) is 0.208. The summed E-state index contributed by atoms with van der Waals surface area (Å²) in [6.45, 7) is 0. The van der Waals surface area contributed by atoms with Gasteiger partial charge in [-0.2, -0.15) is 0 Å². The van der Waals surface area contributed by atoms with Gasteiger partial charge in [0.1, 0.15) is 5.84 Å². The summed E-state index contributed by atoms with van der Waals surface area (Å²) >= 11 is 0. The quantitative estimate of drug-likeness (QED) is 0.402. The molecule has 2 aliphatic rings. The van der Waals surface area contributed by atoms with E-state index >= 15 is 0 Å². The smallest absolute Gasteiger partial charge is 0.160 e. The lowest BCUT2D eigenvalue weighted by molar-refractivity contribution is 0.370. The van der Waals surface area contributed by atoms with E-state index in [0.717, 1.165) is 23.2 Å². The molecule has 1 heterocycles. The lowest BCUT2D eigenvalue weighted by Crippen LogP contribution is -2.30. The molecule has 5 heteroatoms. The number of rotatable bonds is 3. The molecule has 0 amide bonds. The van der Waals surface area contributed by atoms with Gasteiger partial charge in [-0.15, -0.1) is 0 Å². The normalized spacial score (nSPS) is 21.5. The Morgan fingerprint density at radius 3 is 2.72 bits per heavy atom. The Bertz CT molecular complexity index is 1120. The van der Waals surface area contributed by atoms with Gasteiger partial charge in [0.25, 0.3) is 0 Å². The molecular weight excluding hydrogens is 362 g/mol. The number of nitrogen functional groups attached to an aromatic ring is 1. The molecule has 0 saturated carbocycles. The van der Waals surface area contributed by atoms with Gasteiger partial charge in [-0.05, 0) is 64.9 Å². The first-order chi connectivity index (χ1) is 14.1. The zero-order valence-corrected chi connectivity index (χ0v) is 16.1. The largest absolute Gasteiger partial charge is 0.504 e. The Hall–Kier alpha value is -3.47. The summed E-state index contributed by atoms with van der Waals surface area (Å²) in [7, 11) is 1.57. The van der Waals surface area contributed by atoms with Crippen molar-refractivity contribution in [3.8, 4) is 11.5 Å². The topological polar surface area (TPSA) is 91.4 Å². The standard InChI is InChI=1S/C24H23N3O2/c1-29-21-12-14(7-9-20(21)28)23-18-10-13-4-2-3-5-16(13)22(18)17-11-15(24(25)26)6-8-19(17)27-23/h2-9,11-12,18,22-23,27-28H,10H2,1H3,(H3,25,26). The predicted molar refractivity (Wildman–Crippen MR) is 114 cm³/mol. The number of hydrogen-bond acceptors (Lipinski definition) is 4. The van der Waals surface area contributed by atoms with Crippen LogP contribution in [0.5, 0.6) is 11.5 Å². The van der Waals surface area contributed by atoms with Gasteiger partial charge in [0.2, 0.25) is 0 Å². The van der Waals surface area contributed by atoms with Crippen molar-refractivity contribution in [1.82, 2.24) is 0 Å². The van der Waals surface area contributed by atoms with Gasteiger partial charge in [-0.25, -0.2) is 0 Å². The monoisotopic (exact) mass is 385 g/mol. The fourth-order valence-corrected chi connectivity index (χ4v) is 4.95. The number of phenols is 1. The van der Waals surface area contributed by atoms with E-state index in [0.29, 0.717) is 11.7 Å². The third-order valence-electron chi connectivity index (χ3n) is 6.27. The zero-order chi connectivity index (χ0) is 20.1. The van der Waals surface area contributed by atoms with E-state index in [-0.39, 0.29) is 23.5 Å². The molecule has 0 radical (unpaired) electrons. The molecule has 1 aliphatic heterocycles. The van der Waals surface area contributed by atoms with Gasteiger partial charge in [-0.3, -0.25) is 5.41 Å². The summed E-state index contributed by atoms with van der Waals surface area (Å²) in [6, 6.07) is 20.2. The van der Waals surface area contributed by atoms with Crippen LogP contribution in [0.3, 0.4) is 0 Å². The second-order valence-electron chi connectivity index (χ2n) is 7.81. The summed E-state index contributed by atoms with van der Waals surface area (Å²) < 4.78 is 5.35. The van der Waals surface area contributed by atoms with Crippen LogP contribution < -0.4 is 15.8 Å². The van der Waals surface area contributed by atoms with Crippen LogP contribution in [-0.4, -0.2) is 18.1 Å². The molecule has 3 aromatic carbocycles.